The van der Waals surface area contributed by atoms with Crippen LogP contribution in [0.5, 0.6) is 5.75 Å². The van der Waals surface area contributed by atoms with Gasteiger partial charge in [0.25, 0.3) is 10.0 Å². The van der Waals surface area contributed by atoms with Crippen LogP contribution in [0.2, 0.25) is 0 Å². The lowest BCUT2D eigenvalue weighted by atomic mass is 10.2. The van der Waals surface area contributed by atoms with Gasteiger partial charge in [-0.3, -0.25) is 4.31 Å². The molecule has 0 spiro atoms. The molecule has 0 bridgehead atoms. The van der Waals surface area contributed by atoms with E-state index in [1.165, 1.54) is 25.3 Å². The highest BCUT2D eigenvalue weighted by atomic mass is 32.2. The van der Waals surface area contributed by atoms with Crippen LogP contribution in [-0.4, -0.2) is 22.1 Å². The van der Waals surface area contributed by atoms with Crippen molar-refractivity contribution in [2.75, 3.05) is 18.0 Å². The van der Waals surface area contributed by atoms with Crippen molar-refractivity contribution in [3.05, 3.63) is 53.8 Å². The normalized spacial score (nSPS) is 14.1. The minimum Gasteiger partial charge on any atom is -0.497 e. The van der Waals surface area contributed by atoms with Crippen molar-refractivity contribution < 1.29 is 17.5 Å². The highest BCUT2D eigenvalue weighted by molar-refractivity contribution is 7.92. The molecule has 1 heterocycles. The number of rotatable bonds is 3. The zero-order valence-corrected chi connectivity index (χ0v) is 12.2. The van der Waals surface area contributed by atoms with Crippen molar-refractivity contribution in [2.24, 2.45) is 0 Å². The number of hydrogen-bond donors (Lipinski definition) is 0. The summed E-state index contributed by atoms with van der Waals surface area (Å²) in [6.45, 7) is 0.255. The number of hydrogen-bond acceptors (Lipinski definition) is 3. The molecular formula is C15H14FNO3S. The number of halogens is 1. The maximum atomic E-state index is 14.0. The van der Waals surface area contributed by atoms with Crippen molar-refractivity contribution in [1.82, 2.24) is 0 Å². The van der Waals surface area contributed by atoms with Crippen LogP contribution in [0.1, 0.15) is 5.56 Å². The number of para-hydroxylation sites is 1. The molecule has 4 nitrogen and oxygen atoms in total. The summed E-state index contributed by atoms with van der Waals surface area (Å²) in [4.78, 5) is 0.124. The van der Waals surface area contributed by atoms with Crippen molar-refractivity contribution in [3.63, 3.8) is 0 Å². The molecule has 1 aliphatic heterocycles. The van der Waals surface area contributed by atoms with Crippen molar-refractivity contribution in [3.8, 4) is 5.75 Å². The number of ether oxygens (including phenoxy) is 1. The third-order valence-corrected chi connectivity index (χ3v) is 5.36. The summed E-state index contributed by atoms with van der Waals surface area (Å²) in [6.07, 6.45) is 0.516. The molecule has 2 aromatic carbocycles. The first-order valence-corrected chi connectivity index (χ1v) is 7.92. The Kier molecular flexibility index (Phi) is 3.33. The molecule has 0 radical (unpaired) electrons. The Morgan fingerprint density at radius 1 is 1.14 bits per heavy atom. The molecule has 0 fully saturated rings. The van der Waals surface area contributed by atoms with Gasteiger partial charge in [0.2, 0.25) is 0 Å². The van der Waals surface area contributed by atoms with E-state index >= 15 is 0 Å². The van der Waals surface area contributed by atoms with Crippen LogP contribution in [0.15, 0.2) is 47.4 Å². The maximum Gasteiger partial charge on any atom is 0.264 e. The van der Waals surface area contributed by atoms with E-state index in [1.807, 2.05) is 0 Å². The molecule has 3 rings (SSSR count). The third kappa shape index (κ3) is 2.25. The summed E-state index contributed by atoms with van der Waals surface area (Å²) in [5.74, 6) is 0.0593. The fourth-order valence-electron chi connectivity index (χ4n) is 2.49. The number of methoxy groups -OCH3 is 1. The van der Waals surface area contributed by atoms with Gasteiger partial charge >= 0.3 is 0 Å². The van der Waals surface area contributed by atoms with Crippen LogP contribution < -0.4 is 9.04 Å². The van der Waals surface area contributed by atoms with E-state index < -0.39 is 15.8 Å². The minimum absolute atomic E-state index is 0.124. The van der Waals surface area contributed by atoms with E-state index in [1.54, 1.807) is 24.3 Å². The molecule has 0 N–H and O–H groups in total. The quantitative estimate of drug-likeness (QED) is 0.875. The molecular weight excluding hydrogens is 293 g/mol. The van der Waals surface area contributed by atoms with Gasteiger partial charge in [-0.25, -0.2) is 12.8 Å². The lowest BCUT2D eigenvalue weighted by Crippen LogP contribution is -2.29. The first kappa shape index (κ1) is 13.9. The van der Waals surface area contributed by atoms with E-state index in [2.05, 4.69) is 0 Å². The van der Waals surface area contributed by atoms with E-state index in [0.717, 1.165) is 4.31 Å². The fraction of sp³-hybridized carbons (Fsp3) is 0.200. The molecule has 21 heavy (non-hydrogen) atoms. The van der Waals surface area contributed by atoms with Gasteiger partial charge in [-0.05, 0) is 42.3 Å². The summed E-state index contributed by atoms with van der Waals surface area (Å²) >= 11 is 0. The topological polar surface area (TPSA) is 46.6 Å². The average molecular weight is 307 g/mol. The second kappa shape index (κ2) is 5.04. The monoisotopic (exact) mass is 307 g/mol. The third-order valence-electron chi connectivity index (χ3n) is 3.55. The van der Waals surface area contributed by atoms with Gasteiger partial charge in [0.05, 0.1) is 17.7 Å². The Morgan fingerprint density at radius 2 is 1.86 bits per heavy atom. The van der Waals surface area contributed by atoms with E-state index in [0.29, 0.717) is 17.7 Å². The number of fused-ring (bicyclic) bond motifs is 1. The van der Waals surface area contributed by atoms with Crippen LogP contribution in [0.25, 0.3) is 0 Å². The average Bonchev–Trinajstić information content (AvgIpc) is 2.93. The standard InChI is InChI=1S/C15H14FNO3S/c1-20-12-5-7-13(8-6-12)21(18,19)17-10-9-11-3-2-4-14(16)15(11)17/h2-8H,9-10H2,1H3. The molecule has 0 saturated carbocycles. The van der Waals surface area contributed by atoms with Crippen molar-refractivity contribution in [1.29, 1.82) is 0 Å². The second-order valence-corrected chi connectivity index (χ2v) is 6.61. The fourth-order valence-corrected chi connectivity index (χ4v) is 4.00. The Hall–Kier alpha value is -2.08. The smallest absolute Gasteiger partial charge is 0.264 e. The number of sulfonamides is 1. The molecule has 1 aliphatic rings. The van der Waals surface area contributed by atoms with Gasteiger partial charge in [0.15, 0.2) is 0 Å². The van der Waals surface area contributed by atoms with Gasteiger partial charge in [-0.1, -0.05) is 12.1 Å². The SMILES string of the molecule is COc1ccc(S(=O)(=O)N2CCc3cccc(F)c32)cc1. The summed E-state index contributed by atoms with van der Waals surface area (Å²) in [5, 5.41) is 0. The van der Waals surface area contributed by atoms with Crippen LogP contribution >= 0.6 is 0 Å². The molecule has 0 saturated heterocycles. The predicted molar refractivity (Wildman–Crippen MR) is 77.6 cm³/mol. The Bertz CT molecular complexity index is 772. The van der Waals surface area contributed by atoms with Gasteiger partial charge in [-0.2, -0.15) is 0 Å². The molecule has 0 atom stereocenters. The lowest BCUT2D eigenvalue weighted by molar-refractivity contribution is 0.414. The minimum atomic E-state index is -3.76. The van der Waals surface area contributed by atoms with Crippen LogP contribution in [0.4, 0.5) is 10.1 Å². The Morgan fingerprint density at radius 3 is 2.52 bits per heavy atom. The van der Waals surface area contributed by atoms with E-state index in [9.17, 15) is 12.8 Å². The molecule has 2 aromatic rings. The second-order valence-electron chi connectivity index (χ2n) is 4.75. The molecule has 0 aliphatic carbocycles. The number of benzene rings is 2. The molecule has 0 unspecified atom stereocenters. The summed E-state index contributed by atoms with van der Waals surface area (Å²) < 4.78 is 45.5. The Balaban J connectivity index is 2.05. The first-order valence-electron chi connectivity index (χ1n) is 6.48. The van der Waals surface area contributed by atoms with Gasteiger partial charge in [-0.15, -0.1) is 0 Å². The van der Waals surface area contributed by atoms with Gasteiger partial charge < -0.3 is 4.74 Å². The van der Waals surface area contributed by atoms with Crippen LogP contribution in [0, 0.1) is 5.82 Å². The molecule has 0 amide bonds. The molecule has 6 heteroatoms. The summed E-state index contributed by atoms with van der Waals surface area (Å²) in [6, 6.07) is 10.7. The zero-order chi connectivity index (χ0) is 15.0. The largest absolute Gasteiger partial charge is 0.497 e. The van der Waals surface area contributed by atoms with E-state index in [4.69, 9.17) is 4.74 Å². The van der Waals surface area contributed by atoms with Gasteiger partial charge in [0.1, 0.15) is 11.6 Å². The van der Waals surface area contributed by atoms with Crippen LogP contribution in [0.3, 0.4) is 0 Å². The predicted octanol–water partition coefficient (Wildman–Crippen LogP) is 2.59. The number of nitrogens with zero attached hydrogens (tertiary/aromatic N) is 1. The summed E-state index contributed by atoms with van der Waals surface area (Å²) in [5.41, 5.74) is 0.875. The summed E-state index contributed by atoms with van der Waals surface area (Å²) in [7, 11) is -2.25. The zero-order valence-electron chi connectivity index (χ0n) is 11.4. The lowest BCUT2D eigenvalue weighted by Gasteiger charge is -2.20. The highest BCUT2D eigenvalue weighted by Crippen LogP contribution is 2.35. The van der Waals surface area contributed by atoms with Crippen LogP contribution in [-0.2, 0) is 16.4 Å². The van der Waals surface area contributed by atoms with Crippen molar-refractivity contribution in [2.45, 2.75) is 11.3 Å². The Labute approximate surface area is 122 Å². The first-order chi connectivity index (χ1) is 10.0. The molecule has 0 aromatic heterocycles. The number of anilines is 1. The highest BCUT2D eigenvalue weighted by Gasteiger charge is 2.33. The molecule has 110 valence electrons. The maximum absolute atomic E-state index is 14.0. The van der Waals surface area contributed by atoms with E-state index in [-0.39, 0.29) is 17.1 Å². The van der Waals surface area contributed by atoms with Crippen molar-refractivity contribution >= 4 is 15.7 Å². The van der Waals surface area contributed by atoms with Gasteiger partial charge in [0, 0.05) is 6.54 Å².